The molecule has 0 bridgehead atoms. The number of para-hydroxylation sites is 1. The Morgan fingerprint density at radius 2 is 1.86 bits per heavy atom. The van der Waals surface area contributed by atoms with Gasteiger partial charge in [-0.25, -0.2) is 4.39 Å². The summed E-state index contributed by atoms with van der Waals surface area (Å²) < 4.78 is 18.1. The molecule has 0 aliphatic heterocycles. The van der Waals surface area contributed by atoms with Crippen LogP contribution in [0.25, 0.3) is 0 Å². The second kappa shape index (κ2) is 7.59. The van der Waals surface area contributed by atoms with Crippen molar-refractivity contribution in [2.24, 2.45) is 5.92 Å². The molecule has 0 radical (unpaired) electrons. The lowest BCUT2D eigenvalue weighted by Gasteiger charge is -2.14. The van der Waals surface area contributed by atoms with Crippen molar-refractivity contribution >= 4 is 5.91 Å². The first kappa shape index (κ1) is 16.0. The van der Waals surface area contributed by atoms with E-state index in [0.29, 0.717) is 13.0 Å². The van der Waals surface area contributed by atoms with Gasteiger partial charge in [0.25, 0.3) is 0 Å². The highest BCUT2D eigenvalue weighted by Crippen LogP contribution is 2.17. The van der Waals surface area contributed by atoms with Crippen LogP contribution in [0.2, 0.25) is 0 Å². The number of nitrogens with one attached hydrogen (secondary N) is 1. The molecule has 4 heteroatoms. The summed E-state index contributed by atoms with van der Waals surface area (Å²) in [4.78, 5) is 12.2. The molecule has 0 spiro atoms. The summed E-state index contributed by atoms with van der Waals surface area (Å²) in [6.07, 6.45) is 0.581. The Hall–Kier alpha value is -2.36. The van der Waals surface area contributed by atoms with E-state index in [4.69, 9.17) is 4.74 Å². The average Bonchev–Trinajstić information content (AvgIpc) is 2.54. The molecular weight excluding hydrogens is 281 g/mol. The van der Waals surface area contributed by atoms with Crippen molar-refractivity contribution in [2.45, 2.75) is 19.9 Å². The quantitative estimate of drug-likeness (QED) is 0.889. The maximum atomic E-state index is 12.9. The number of carbonyl (C=O) groups excluding carboxylic acids is 1. The van der Waals surface area contributed by atoms with E-state index in [9.17, 15) is 9.18 Å². The molecule has 3 nitrogen and oxygen atoms in total. The van der Waals surface area contributed by atoms with Crippen LogP contribution >= 0.6 is 0 Å². The van der Waals surface area contributed by atoms with Crippen LogP contribution < -0.4 is 10.1 Å². The van der Waals surface area contributed by atoms with Crippen molar-refractivity contribution in [3.63, 3.8) is 0 Å². The van der Waals surface area contributed by atoms with E-state index >= 15 is 0 Å². The molecule has 0 aliphatic carbocycles. The van der Waals surface area contributed by atoms with Gasteiger partial charge in [-0.1, -0.05) is 37.3 Å². The fraction of sp³-hybridized carbons (Fsp3) is 0.278. The lowest BCUT2D eigenvalue weighted by Crippen LogP contribution is -2.30. The van der Waals surface area contributed by atoms with Crippen molar-refractivity contribution < 1.29 is 13.9 Å². The summed E-state index contributed by atoms with van der Waals surface area (Å²) in [5, 5.41) is 2.91. The summed E-state index contributed by atoms with van der Waals surface area (Å²) in [5.74, 6) is 0.279. The van der Waals surface area contributed by atoms with Gasteiger partial charge in [0.15, 0.2) is 0 Å². The molecule has 0 saturated heterocycles. The Kier molecular flexibility index (Phi) is 5.53. The van der Waals surface area contributed by atoms with Crippen LogP contribution in [-0.2, 0) is 17.8 Å². The molecule has 2 aromatic carbocycles. The van der Waals surface area contributed by atoms with Crippen molar-refractivity contribution in [1.29, 1.82) is 0 Å². The number of ether oxygens (including phenoxy) is 1. The largest absolute Gasteiger partial charge is 0.496 e. The molecule has 1 unspecified atom stereocenters. The lowest BCUT2D eigenvalue weighted by atomic mass is 10.0. The minimum atomic E-state index is -0.267. The van der Waals surface area contributed by atoms with Crippen molar-refractivity contribution in [3.05, 3.63) is 65.5 Å². The van der Waals surface area contributed by atoms with E-state index in [-0.39, 0.29) is 17.6 Å². The van der Waals surface area contributed by atoms with E-state index in [0.717, 1.165) is 16.9 Å². The monoisotopic (exact) mass is 301 g/mol. The molecule has 2 rings (SSSR count). The van der Waals surface area contributed by atoms with E-state index in [2.05, 4.69) is 5.32 Å². The number of hydrogen-bond acceptors (Lipinski definition) is 2. The van der Waals surface area contributed by atoms with Crippen LogP contribution in [0.4, 0.5) is 4.39 Å². The zero-order valence-corrected chi connectivity index (χ0v) is 12.8. The first-order chi connectivity index (χ1) is 10.6. The summed E-state index contributed by atoms with van der Waals surface area (Å²) in [5.41, 5.74) is 1.88. The molecule has 22 heavy (non-hydrogen) atoms. The summed E-state index contributed by atoms with van der Waals surface area (Å²) >= 11 is 0. The first-order valence-corrected chi connectivity index (χ1v) is 7.24. The van der Waals surface area contributed by atoms with Crippen LogP contribution in [0.3, 0.4) is 0 Å². The summed E-state index contributed by atoms with van der Waals surface area (Å²) in [6.45, 7) is 2.29. The number of rotatable bonds is 6. The lowest BCUT2D eigenvalue weighted by molar-refractivity contribution is -0.124. The summed E-state index contributed by atoms with van der Waals surface area (Å²) in [6, 6.07) is 13.8. The van der Waals surface area contributed by atoms with Crippen LogP contribution in [0.5, 0.6) is 5.75 Å². The fourth-order valence-corrected chi connectivity index (χ4v) is 2.27. The van der Waals surface area contributed by atoms with Crippen molar-refractivity contribution in [3.8, 4) is 5.75 Å². The molecule has 0 aliphatic rings. The van der Waals surface area contributed by atoms with Crippen LogP contribution in [0.1, 0.15) is 18.1 Å². The van der Waals surface area contributed by atoms with Gasteiger partial charge in [-0.15, -0.1) is 0 Å². The fourth-order valence-electron chi connectivity index (χ4n) is 2.27. The number of amides is 1. The van der Waals surface area contributed by atoms with Gasteiger partial charge in [-0.3, -0.25) is 4.79 Å². The number of carbonyl (C=O) groups is 1. The van der Waals surface area contributed by atoms with Gasteiger partial charge in [-0.05, 0) is 30.2 Å². The predicted molar refractivity (Wildman–Crippen MR) is 84.1 cm³/mol. The van der Waals surface area contributed by atoms with Crippen LogP contribution in [0.15, 0.2) is 48.5 Å². The molecule has 1 amide bonds. The Labute approximate surface area is 130 Å². The minimum absolute atomic E-state index is 0.0322. The highest BCUT2D eigenvalue weighted by Gasteiger charge is 2.14. The van der Waals surface area contributed by atoms with E-state index in [1.807, 2.05) is 31.2 Å². The Morgan fingerprint density at radius 1 is 1.18 bits per heavy atom. The third-order valence-electron chi connectivity index (χ3n) is 3.55. The normalized spacial score (nSPS) is 11.8. The Bertz CT molecular complexity index is 625. The highest BCUT2D eigenvalue weighted by molar-refractivity contribution is 5.78. The smallest absolute Gasteiger partial charge is 0.223 e. The minimum Gasteiger partial charge on any atom is -0.496 e. The standard InChI is InChI=1S/C18H20FNO2/c1-13(11-14-7-9-16(19)10-8-14)18(21)20-12-15-5-3-4-6-17(15)22-2/h3-10,13H,11-12H2,1-2H3,(H,20,21). The van der Waals surface area contributed by atoms with Gasteiger partial charge < -0.3 is 10.1 Å². The van der Waals surface area contributed by atoms with Gasteiger partial charge >= 0.3 is 0 Å². The molecular formula is C18H20FNO2. The second-order valence-electron chi connectivity index (χ2n) is 5.26. The molecule has 0 saturated carbocycles. The third-order valence-corrected chi connectivity index (χ3v) is 3.55. The second-order valence-corrected chi connectivity index (χ2v) is 5.26. The van der Waals surface area contributed by atoms with Gasteiger partial charge in [0.1, 0.15) is 11.6 Å². The topological polar surface area (TPSA) is 38.3 Å². The predicted octanol–water partition coefficient (Wildman–Crippen LogP) is 3.33. The van der Waals surface area contributed by atoms with Crippen LogP contribution in [0, 0.1) is 11.7 Å². The molecule has 1 N–H and O–H groups in total. The molecule has 0 fully saturated rings. The average molecular weight is 301 g/mol. The first-order valence-electron chi connectivity index (χ1n) is 7.24. The van der Waals surface area contributed by atoms with Gasteiger partial charge in [0.2, 0.25) is 5.91 Å². The SMILES string of the molecule is COc1ccccc1CNC(=O)C(C)Cc1ccc(F)cc1. The molecule has 0 aromatic heterocycles. The number of benzene rings is 2. The zero-order chi connectivity index (χ0) is 15.9. The zero-order valence-electron chi connectivity index (χ0n) is 12.8. The molecule has 0 heterocycles. The van der Waals surface area contributed by atoms with Crippen molar-refractivity contribution in [2.75, 3.05) is 7.11 Å². The van der Waals surface area contributed by atoms with Gasteiger partial charge in [0, 0.05) is 18.0 Å². The van der Waals surface area contributed by atoms with E-state index in [1.54, 1.807) is 19.2 Å². The summed E-state index contributed by atoms with van der Waals surface area (Å²) in [7, 11) is 1.61. The number of hydrogen-bond donors (Lipinski definition) is 1. The molecule has 116 valence electrons. The third kappa shape index (κ3) is 4.32. The Balaban J connectivity index is 1.90. The van der Waals surface area contributed by atoms with E-state index < -0.39 is 0 Å². The number of halogens is 1. The Morgan fingerprint density at radius 3 is 2.55 bits per heavy atom. The van der Waals surface area contributed by atoms with Crippen LogP contribution in [-0.4, -0.2) is 13.0 Å². The van der Waals surface area contributed by atoms with E-state index in [1.165, 1.54) is 12.1 Å². The van der Waals surface area contributed by atoms with Gasteiger partial charge in [-0.2, -0.15) is 0 Å². The maximum Gasteiger partial charge on any atom is 0.223 e. The molecule has 2 aromatic rings. The van der Waals surface area contributed by atoms with Gasteiger partial charge in [0.05, 0.1) is 7.11 Å². The number of methoxy groups -OCH3 is 1. The highest BCUT2D eigenvalue weighted by atomic mass is 19.1. The maximum absolute atomic E-state index is 12.9. The molecule has 1 atom stereocenters. The van der Waals surface area contributed by atoms with Crippen molar-refractivity contribution in [1.82, 2.24) is 5.32 Å².